The Morgan fingerprint density at radius 2 is 1.61 bits per heavy atom. The summed E-state index contributed by atoms with van der Waals surface area (Å²) in [6.45, 7) is 14.6. The average molecular weight is 446 g/mol. The lowest BCUT2D eigenvalue weighted by molar-refractivity contribution is 0.101. The molecule has 0 aliphatic heterocycles. The summed E-state index contributed by atoms with van der Waals surface area (Å²) in [5, 5.41) is 0. The molecule has 3 rings (SSSR count). The Kier molecular flexibility index (Phi) is 9.74. The highest BCUT2D eigenvalue weighted by molar-refractivity contribution is 5.96. The second-order valence-corrected chi connectivity index (χ2v) is 7.72. The van der Waals surface area contributed by atoms with E-state index in [1.807, 2.05) is 106 Å². The Morgan fingerprint density at radius 3 is 2.30 bits per heavy atom. The summed E-state index contributed by atoms with van der Waals surface area (Å²) in [5.74, 6) is 2.19. The highest BCUT2D eigenvalue weighted by Gasteiger charge is 2.11. The highest BCUT2D eigenvalue weighted by atomic mass is 16.5. The lowest BCUT2D eigenvalue weighted by Gasteiger charge is -2.22. The Hall–Kier alpha value is -3.53. The van der Waals surface area contributed by atoms with Gasteiger partial charge >= 0.3 is 0 Å². The van der Waals surface area contributed by atoms with E-state index in [0.29, 0.717) is 19.0 Å². The van der Waals surface area contributed by atoms with Crippen LogP contribution in [0.25, 0.3) is 0 Å². The van der Waals surface area contributed by atoms with Crippen molar-refractivity contribution < 1.29 is 14.3 Å². The number of ketones is 1. The molecular formula is C29H35NO3. The molecule has 0 saturated heterocycles. The molecule has 0 bridgehead atoms. The van der Waals surface area contributed by atoms with Gasteiger partial charge in [0, 0.05) is 24.7 Å². The molecule has 0 amide bonds. The van der Waals surface area contributed by atoms with Crippen molar-refractivity contribution in [1.29, 1.82) is 0 Å². The van der Waals surface area contributed by atoms with Gasteiger partial charge < -0.3 is 14.4 Å². The van der Waals surface area contributed by atoms with Crippen LogP contribution in [0.2, 0.25) is 0 Å². The van der Waals surface area contributed by atoms with Crippen LogP contribution < -0.4 is 9.47 Å². The molecule has 0 N–H and O–H groups in total. The highest BCUT2D eigenvalue weighted by Crippen LogP contribution is 2.22. The molecule has 0 aliphatic rings. The van der Waals surface area contributed by atoms with Gasteiger partial charge in [-0.05, 0) is 62.2 Å². The predicted octanol–water partition coefficient (Wildman–Crippen LogP) is 7.09. The zero-order chi connectivity index (χ0) is 24.4. The largest absolute Gasteiger partial charge is 0.489 e. The molecule has 174 valence electrons. The maximum atomic E-state index is 12.0. The van der Waals surface area contributed by atoms with E-state index in [-0.39, 0.29) is 5.78 Å². The molecule has 0 heterocycles. The monoisotopic (exact) mass is 445 g/mol. The molecule has 4 nitrogen and oxygen atoms in total. The van der Waals surface area contributed by atoms with E-state index < -0.39 is 0 Å². The van der Waals surface area contributed by atoms with Crippen molar-refractivity contribution >= 4 is 5.78 Å². The number of Topliss-reactive ketones (excluding diaryl/α,β-unsaturated/α-hetero) is 1. The summed E-state index contributed by atoms with van der Waals surface area (Å²) in [7, 11) is 1.94. The van der Waals surface area contributed by atoms with Gasteiger partial charge in [0.2, 0.25) is 0 Å². The van der Waals surface area contributed by atoms with Crippen LogP contribution >= 0.6 is 0 Å². The van der Waals surface area contributed by atoms with Crippen LogP contribution in [0, 0.1) is 13.8 Å². The predicted molar refractivity (Wildman–Crippen MR) is 136 cm³/mol. The molecule has 0 radical (unpaired) electrons. The maximum Gasteiger partial charge on any atom is 0.188 e. The van der Waals surface area contributed by atoms with Crippen LogP contribution in [-0.2, 0) is 13.2 Å². The van der Waals surface area contributed by atoms with Crippen LogP contribution in [0.5, 0.6) is 11.5 Å². The minimum atomic E-state index is 0.0549. The first-order valence-electron chi connectivity index (χ1n) is 11.3. The number of carbonyl (C=O) groups is 1. The SMILES string of the molecule is C=C(Oc1ccccc1C)N(C)Cc1cccc(OCc2cccc(C)c2C(C)=O)c1.CC. The Bertz CT molecular complexity index is 1090. The first-order chi connectivity index (χ1) is 15.8. The first-order valence-corrected chi connectivity index (χ1v) is 11.3. The number of hydrogen-bond donors (Lipinski definition) is 0. The molecule has 0 spiro atoms. The van der Waals surface area contributed by atoms with Crippen LogP contribution in [0.15, 0.2) is 79.2 Å². The van der Waals surface area contributed by atoms with E-state index in [4.69, 9.17) is 9.47 Å². The fourth-order valence-corrected chi connectivity index (χ4v) is 3.49. The van der Waals surface area contributed by atoms with Crippen molar-refractivity contribution in [3.8, 4) is 11.5 Å². The Labute approximate surface area is 198 Å². The average Bonchev–Trinajstić information content (AvgIpc) is 2.80. The van der Waals surface area contributed by atoms with Gasteiger partial charge in [-0.1, -0.05) is 62.4 Å². The van der Waals surface area contributed by atoms with Crippen LogP contribution in [0.1, 0.15) is 53.4 Å². The summed E-state index contributed by atoms with van der Waals surface area (Å²) in [5.41, 5.74) is 4.74. The van der Waals surface area contributed by atoms with Gasteiger partial charge in [-0.25, -0.2) is 0 Å². The number of carbonyl (C=O) groups excluding carboxylic acids is 1. The van der Waals surface area contributed by atoms with Crippen molar-refractivity contribution in [2.45, 2.75) is 47.8 Å². The lowest BCUT2D eigenvalue weighted by atomic mass is 9.99. The van der Waals surface area contributed by atoms with Crippen molar-refractivity contribution in [2.75, 3.05) is 7.05 Å². The summed E-state index contributed by atoms with van der Waals surface area (Å²) >= 11 is 0. The topological polar surface area (TPSA) is 38.8 Å². The number of hydrogen-bond acceptors (Lipinski definition) is 4. The molecule has 0 unspecified atom stereocenters. The van der Waals surface area contributed by atoms with Gasteiger partial charge in [-0.3, -0.25) is 4.79 Å². The molecule has 4 heteroatoms. The van der Waals surface area contributed by atoms with Gasteiger partial charge in [0.1, 0.15) is 18.1 Å². The third-order valence-electron chi connectivity index (χ3n) is 5.17. The van der Waals surface area contributed by atoms with E-state index in [1.54, 1.807) is 6.92 Å². The first kappa shape index (κ1) is 25.7. The van der Waals surface area contributed by atoms with Gasteiger partial charge in [-0.15, -0.1) is 0 Å². The molecule has 0 aliphatic carbocycles. The summed E-state index contributed by atoms with van der Waals surface area (Å²) in [4.78, 5) is 14.0. The lowest BCUT2D eigenvalue weighted by Crippen LogP contribution is -2.20. The maximum absolute atomic E-state index is 12.0. The van der Waals surface area contributed by atoms with Crippen LogP contribution in [0.3, 0.4) is 0 Å². The number of para-hydroxylation sites is 1. The molecule has 0 saturated carbocycles. The Morgan fingerprint density at radius 1 is 0.939 bits per heavy atom. The third kappa shape index (κ3) is 7.25. The minimum absolute atomic E-state index is 0.0549. The molecule has 3 aromatic rings. The summed E-state index contributed by atoms with van der Waals surface area (Å²) in [6, 6.07) is 21.6. The van der Waals surface area contributed by atoms with E-state index in [2.05, 4.69) is 6.58 Å². The number of benzene rings is 3. The Balaban J connectivity index is 0.00000187. The standard InChI is InChI=1S/C27H29NO3.C2H6/c1-19-10-6-7-15-26(19)31-22(4)28(5)17-23-12-9-14-25(16-23)30-18-24-13-8-11-20(2)27(24)21(3)29;1-2/h6-16H,4,17-18H2,1-3,5H3;1-2H3. The van der Waals surface area contributed by atoms with E-state index in [1.165, 1.54) is 0 Å². The van der Waals surface area contributed by atoms with Gasteiger partial charge in [0.15, 0.2) is 11.7 Å². The molecular weight excluding hydrogens is 410 g/mol. The van der Waals surface area contributed by atoms with Gasteiger partial charge in [0.05, 0.1) is 0 Å². The normalized spacial score (nSPS) is 10.0. The van der Waals surface area contributed by atoms with Crippen molar-refractivity contribution in [2.24, 2.45) is 0 Å². The summed E-state index contributed by atoms with van der Waals surface area (Å²) < 4.78 is 11.9. The van der Waals surface area contributed by atoms with Gasteiger partial charge in [0.25, 0.3) is 0 Å². The smallest absolute Gasteiger partial charge is 0.188 e. The summed E-state index contributed by atoms with van der Waals surface area (Å²) in [6.07, 6.45) is 0. The molecule has 33 heavy (non-hydrogen) atoms. The zero-order valence-corrected chi connectivity index (χ0v) is 20.6. The van der Waals surface area contributed by atoms with Gasteiger partial charge in [-0.2, -0.15) is 0 Å². The van der Waals surface area contributed by atoms with E-state index in [9.17, 15) is 4.79 Å². The molecule has 3 aromatic carbocycles. The van der Waals surface area contributed by atoms with E-state index in [0.717, 1.165) is 39.3 Å². The number of ether oxygens (including phenoxy) is 2. The number of rotatable bonds is 9. The molecule has 0 fully saturated rings. The van der Waals surface area contributed by atoms with Crippen molar-refractivity contribution in [3.05, 3.63) is 107 Å². The molecule has 0 aromatic heterocycles. The zero-order valence-electron chi connectivity index (χ0n) is 20.6. The van der Waals surface area contributed by atoms with Crippen LogP contribution in [-0.4, -0.2) is 17.7 Å². The van der Waals surface area contributed by atoms with E-state index >= 15 is 0 Å². The van der Waals surface area contributed by atoms with Crippen LogP contribution in [0.4, 0.5) is 0 Å². The number of nitrogens with zero attached hydrogens (tertiary/aromatic N) is 1. The minimum Gasteiger partial charge on any atom is -0.489 e. The fraction of sp³-hybridized carbons (Fsp3) is 0.276. The third-order valence-corrected chi connectivity index (χ3v) is 5.17. The number of aryl methyl sites for hydroxylation is 2. The molecule has 0 atom stereocenters. The fourth-order valence-electron chi connectivity index (χ4n) is 3.49. The van der Waals surface area contributed by atoms with Crippen molar-refractivity contribution in [1.82, 2.24) is 4.90 Å². The second-order valence-electron chi connectivity index (χ2n) is 7.72. The quantitative estimate of drug-likeness (QED) is 0.260. The second kappa shape index (κ2) is 12.5. The van der Waals surface area contributed by atoms with Crippen molar-refractivity contribution in [3.63, 3.8) is 0 Å².